The molecule has 1 unspecified atom stereocenters. The van der Waals surface area contributed by atoms with E-state index in [1.165, 1.54) is 0 Å². The second kappa shape index (κ2) is 5.38. The van der Waals surface area contributed by atoms with Crippen molar-refractivity contribution in [2.24, 2.45) is 0 Å². The Hall–Kier alpha value is -2.28. The second-order valence-electron chi connectivity index (χ2n) is 4.55. The van der Waals surface area contributed by atoms with Crippen molar-refractivity contribution in [3.63, 3.8) is 0 Å². The third-order valence-electron chi connectivity index (χ3n) is 3.07. The monoisotopic (exact) mass is 286 g/mol. The number of aromatic nitrogens is 6. The number of nitrogens with zero attached hydrogens (tertiary/aromatic N) is 5. The lowest BCUT2D eigenvalue weighted by Crippen LogP contribution is -2.13. The van der Waals surface area contributed by atoms with Crippen LogP contribution >= 0.6 is 12.2 Å². The molecule has 6 nitrogen and oxygen atoms in total. The van der Waals surface area contributed by atoms with Gasteiger partial charge in [-0.1, -0.05) is 6.07 Å². The van der Waals surface area contributed by atoms with Gasteiger partial charge in [0, 0.05) is 25.1 Å². The van der Waals surface area contributed by atoms with Crippen LogP contribution in [0.5, 0.6) is 0 Å². The van der Waals surface area contributed by atoms with Crippen molar-refractivity contribution in [1.29, 1.82) is 0 Å². The van der Waals surface area contributed by atoms with Crippen LogP contribution in [0.15, 0.2) is 43.1 Å². The molecule has 0 aliphatic heterocycles. The summed E-state index contributed by atoms with van der Waals surface area (Å²) in [6.45, 7) is 2.87. The molecule has 102 valence electrons. The van der Waals surface area contributed by atoms with Gasteiger partial charge in [0.1, 0.15) is 5.69 Å². The van der Waals surface area contributed by atoms with Gasteiger partial charge >= 0.3 is 0 Å². The number of hydrogen-bond acceptors (Lipinski definition) is 4. The highest BCUT2D eigenvalue weighted by molar-refractivity contribution is 7.71. The van der Waals surface area contributed by atoms with Crippen molar-refractivity contribution in [3.05, 3.63) is 47.9 Å². The Balaban J connectivity index is 1.97. The van der Waals surface area contributed by atoms with Crippen LogP contribution in [-0.2, 0) is 6.54 Å². The molecule has 0 spiro atoms. The molecule has 7 heteroatoms. The quantitative estimate of drug-likeness (QED) is 0.748. The van der Waals surface area contributed by atoms with Crippen molar-refractivity contribution in [3.8, 4) is 11.5 Å². The van der Waals surface area contributed by atoms with Gasteiger partial charge in [-0.05, 0) is 31.3 Å². The van der Waals surface area contributed by atoms with E-state index in [1.54, 1.807) is 18.7 Å². The van der Waals surface area contributed by atoms with Crippen LogP contribution in [0.4, 0.5) is 0 Å². The minimum atomic E-state index is 0.146. The maximum atomic E-state index is 5.34. The van der Waals surface area contributed by atoms with Crippen LogP contribution in [0.2, 0.25) is 0 Å². The van der Waals surface area contributed by atoms with Crippen molar-refractivity contribution in [1.82, 2.24) is 29.3 Å². The largest absolute Gasteiger partial charge is 0.335 e. The van der Waals surface area contributed by atoms with Gasteiger partial charge in [0.2, 0.25) is 0 Å². The second-order valence-corrected chi connectivity index (χ2v) is 4.93. The van der Waals surface area contributed by atoms with Gasteiger partial charge < -0.3 is 4.57 Å². The van der Waals surface area contributed by atoms with Crippen molar-refractivity contribution < 1.29 is 0 Å². The molecule has 0 radical (unpaired) electrons. The van der Waals surface area contributed by atoms with Crippen molar-refractivity contribution in [2.45, 2.75) is 19.5 Å². The first-order chi connectivity index (χ1) is 9.75. The number of rotatable bonds is 4. The highest BCUT2D eigenvalue weighted by Crippen LogP contribution is 2.20. The molecule has 20 heavy (non-hydrogen) atoms. The number of pyridine rings is 1. The van der Waals surface area contributed by atoms with E-state index in [0.717, 1.165) is 18.1 Å². The molecule has 1 atom stereocenters. The number of aromatic amines is 1. The zero-order valence-electron chi connectivity index (χ0n) is 11.0. The fourth-order valence-electron chi connectivity index (χ4n) is 2.17. The van der Waals surface area contributed by atoms with Crippen LogP contribution < -0.4 is 0 Å². The van der Waals surface area contributed by atoms with E-state index in [1.807, 2.05) is 33.5 Å². The van der Waals surface area contributed by atoms with Crippen molar-refractivity contribution in [2.75, 3.05) is 0 Å². The van der Waals surface area contributed by atoms with Gasteiger partial charge in [0.15, 0.2) is 10.6 Å². The first-order valence-corrected chi connectivity index (χ1v) is 6.70. The molecule has 0 aliphatic carbocycles. The Bertz CT molecular complexity index is 728. The highest BCUT2D eigenvalue weighted by atomic mass is 32.1. The molecule has 0 aromatic carbocycles. The summed E-state index contributed by atoms with van der Waals surface area (Å²) < 4.78 is 4.59. The van der Waals surface area contributed by atoms with Crippen LogP contribution in [0, 0.1) is 4.77 Å². The standard InChI is InChI=1S/C13H14N6S/c1-10(8-18-7-6-14-9-18)19-12(16-17-13(19)20)11-4-2-3-5-15-11/h2-7,9-10H,8H2,1H3,(H,17,20). The van der Waals surface area contributed by atoms with E-state index in [0.29, 0.717) is 4.77 Å². The summed E-state index contributed by atoms with van der Waals surface area (Å²) in [5, 5.41) is 7.14. The smallest absolute Gasteiger partial charge is 0.195 e. The normalized spacial score (nSPS) is 12.4. The number of H-pyrrole nitrogens is 1. The molecule has 0 bridgehead atoms. The van der Waals surface area contributed by atoms with E-state index < -0.39 is 0 Å². The summed E-state index contributed by atoms with van der Waals surface area (Å²) in [5.41, 5.74) is 0.803. The van der Waals surface area contributed by atoms with E-state index in [9.17, 15) is 0 Å². The number of nitrogens with one attached hydrogen (secondary N) is 1. The molecule has 0 fully saturated rings. The Labute approximate surface area is 121 Å². The molecule has 3 rings (SSSR count). The average molecular weight is 286 g/mol. The predicted octanol–water partition coefficient (Wildman–Crippen LogP) is 2.46. The lowest BCUT2D eigenvalue weighted by Gasteiger charge is -2.15. The minimum Gasteiger partial charge on any atom is -0.335 e. The predicted molar refractivity (Wildman–Crippen MR) is 77.6 cm³/mol. The Morgan fingerprint density at radius 1 is 1.35 bits per heavy atom. The first-order valence-electron chi connectivity index (χ1n) is 6.30. The van der Waals surface area contributed by atoms with Gasteiger partial charge in [-0.2, -0.15) is 5.10 Å². The molecule has 3 aromatic heterocycles. The van der Waals surface area contributed by atoms with Gasteiger partial charge in [-0.15, -0.1) is 0 Å². The zero-order valence-corrected chi connectivity index (χ0v) is 11.8. The van der Waals surface area contributed by atoms with E-state index in [4.69, 9.17) is 12.2 Å². The van der Waals surface area contributed by atoms with E-state index in [2.05, 4.69) is 27.1 Å². The average Bonchev–Trinajstić information content (AvgIpc) is 3.09. The maximum absolute atomic E-state index is 5.34. The lowest BCUT2D eigenvalue weighted by atomic mass is 10.3. The summed E-state index contributed by atoms with van der Waals surface area (Å²) in [7, 11) is 0. The van der Waals surface area contributed by atoms with E-state index in [-0.39, 0.29) is 6.04 Å². The third-order valence-corrected chi connectivity index (χ3v) is 3.36. The molecule has 3 heterocycles. The summed E-state index contributed by atoms with van der Waals surface area (Å²) in [6.07, 6.45) is 7.24. The first kappa shape index (κ1) is 12.7. The fourth-order valence-corrected chi connectivity index (χ4v) is 2.48. The topological polar surface area (TPSA) is 64.3 Å². The van der Waals surface area contributed by atoms with Crippen LogP contribution in [0.25, 0.3) is 11.5 Å². The summed E-state index contributed by atoms with van der Waals surface area (Å²) >= 11 is 5.34. The Kier molecular flexibility index (Phi) is 3.42. The molecule has 1 N–H and O–H groups in total. The summed E-state index contributed by atoms with van der Waals surface area (Å²) in [6, 6.07) is 5.88. The van der Waals surface area contributed by atoms with Gasteiger partial charge in [0.05, 0.1) is 12.4 Å². The van der Waals surface area contributed by atoms with Crippen LogP contribution in [-0.4, -0.2) is 29.3 Å². The molecular weight excluding hydrogens is 272 g/mol. The highest BCUT2D eigenvalue weighted by Gasteiger charge is 2.15. The lowest BCUT2D eigenvalue weighted by molar-refractivity contribution is 0.462. The number of imidazole rings is 1. The summed E-state index contributed by atoms with van der Waals surface area (Å²) in [4.78, 5) is 8.39. The van der Waals surface area contributed by atoms with Crippen LogP contribution in [0.3, 0.4) is 0 Å². The molecular formula is C13H14N6S. The third kappa shape index (κ3) is 2.39. The molecule has 0 saturated heterocycles. The number of hydrogen-bond donors (Lipinski definition) is 1. The van der Waals surface area contributed by atoms with Gasteiger partial charge in [-0.25, -0.2) is 4.98 Å². The summed E-state index contributed by atoms with van der Waals surface area (Å²) in [5.74, 6) is 0.753. The molecule has 3 aromatic rings. The zero-order chi connectivity index (χ0) is 13.9. The minimum absolute atomic E-state index is 0.146. The molecule has 0 aliphatic rings. The van der Waals surface area contributed by atoms with Gasteiger partial charge in [0.25, 0.3) is 0 Å². The Morgan fingerprint density at radius 2 is 2.25 bits per heavy atom. The Morgan fingerprint density at radius 3 is 2.95 bits per heavy atom. The maximum Gasteiger partial charge on any atom is 0.195 e. The fraction of sp³-hybridized carbons (Fsp3) is 0.231. The molecule has 0 amide bonds. The van der Waals surface area contributed by atoms with Crippen molar-refractivity contribution >= 4 is 12.2 Å². The van der Waals surface area contributed by atoms with Crippen LogP contribution in [0.1, 0.15) is 13.0 Å². The SMILES string of the molecule is CC(Cn1ccnc1)n1c(-c2ccccn2)n[nH]c1=S. The van der Waals surface area contributed by atoms with Gasteiger partial charge in [-0.3, -0.25) is 14.6 Å². The van der Waals surface area contributed by atoms with E-state index >= 15 is 0 Å². The molecule has 0 saturated carbocycles.